The highest BCUT2D eigenvalue weighted by Crippen LogP contribution is 2.26. The maximum Gasteiger partial charge on any atom is 0.204 e. The van der Waals surface area contributed by atoms with Gasteiger partial charge in [0.05, 0.1) is 31.9 Å². The number of para-hydroxylation sites is 2. The van der Waals surface area contributed by atoms with Crippen LogP contribution in [0.3, 0.4) is 0 Å². The van der Waals surface area contributed by atoms with Crippen LogP contribution in [0.4, 0.5) is 10.3 Å². The Labute approximate surface area is 171 Å². The van der Waals surface area contributed by atoms with Crippen LogP contribution in [0.5, 0.6) is 0 Å². The Bertz CT molecular complexity index is 1000. The third kappa shape index (κ3) is 4.02. The molecule has 4 rings (SSSR count). The molecule has 0 aliphatic carbocycles. The van der Waals surface area contributed by atoms with Gasteiger partial charge in [0.2, 0.25) is 10.3 Å². The second-order valence-electron chi connectivity index (χ2n) is 6.02. The number of rotatable bonds is 7. The van der Waals surface area contributed by atoms with Gasteiger partial charge in [-0.25, -0.2) is 9.97 Å². The maximum atomic E-state index is 4.56. The molecule has 2 N–H and O–H groups in total. The highest BCUT2D eigenvalue weighted by Gasteiger charge is 2.08. The lowest BCUT2D eigenvalue weighted by Gasteiger charge is -2.06. The van der Waals surface area contributed by atoms with E-state index < -0.39 is 0 Å². The second kappa shape index (κ2) is 8.45. The van der Waals surface area contributed by atoms with Crippen molar-refractivity contribution >= 4 is 64.8 Å². The smallest absolute Gasteiger partial charge is 0.204 e. The summed E-state index contributed by atoms with van der Waals surface area (Å²) in [5.41, 5.74) is 9.94. The van der Waals surface area contributed by atoms with Crippen molar-refractivity contribution in [3.05, 3.63) is 48.5 Å². The van der Waals surface area contributed by atoms with Crippen molar-refractivity contribution in [2.24, 2.45) is 10.2 Å². The van der Waals surface area contributed by atoms with Gasteiger partial charge in [-0.05, 0) is 37.1 Å². The Morgan fingerprint density at radius 3 is 1.57 bits per heavy atom. The average Bonchev–Trinajstić information content (AvgIpc) is 3.33. The molecule has 0 amide bonds. The molecule has 2 heterocycles. The van der Waals surface area contributed by atoms with Crippen molar-refractivity contribution in [3.63, 3.8) is 0 Å². The van der Waals surface area contributed by atoms with E-state index in [1.165, 1.54) is 0 Å². The van der Waals surface area contributed by atoms with Gasteiger partial charge in [-0.15, -0.1) is 0 Å². The van der Waals surface area contributed by atoms with Crippen molar-refractivity contribution in [2.75, 3.05) is 10.9 Å². The minimum Gasteiger partial charge on any atom is -0.252 e. The predicted molar refractivity (Wildman–Crippen MR) is 122 cm³/mol. The van der Waals surface area contributed by atoms with Crippen molar-refractivity contribution in [2.45, 2.75) is 26.7 Å². The van der Waals surface area contributed by atoms with Gasteiger partial charge in [-0.2, -0.15) is 10.2 Å². The Balaban J connectivity index is 1.51. The number of nitrogens with zero attached hydrogens (tertiary/aromatic N) is 4. The number of hydrogen-bond donors (Lipinski definition) is 2. The first-order valence-electron chi connectivity index (χ1n) is 9.13. The monoisotopic (exact) mass is 408 g/mol. The van der Waals surface area contributed by atoms with Crippen LogP contribution in [0.1, 0.15) is 26.7 Å². The zero-order chi connectivity index (χ0) is 19.3. The molecule has 28 heavy (non-hydrogen) atoms. The third-order valence-corrected chi connectivity index (χ3v) is 6.05. The molecule has 0 unspecified atom stereocenters. The summed E-state index contributed by atoms with van der Waals surface area (Å²) in [7, 11) is 0. The molecule has 0 saturated heterocycles. The second-order valence-corrected chi connectivity index (χ2v) is 8.08. The van der Waals surface area contributed by atoms with Gasteiger partial charge in [0.15, 0.2) is 0 Å². The van der Waals surface area contributed by atoms with Gasteiger partial charge in [-0.3, -0.25) is 10.9 Å². The first kappa shape index (κ1) is 18.5. The number of benzene rings is 2. The van der Waals surface area contributed by atoms with E-state index in [1.54, 1.807) is 22.7 Å². The van der Waals surface area contributed by atoms with Crippen LogP contribution in [-0.2, 0) is 0 Å². The molecule has 2 aromatic carbocycles. The summed E-state index contributed by atoms with van der Waals surface area (Å²) in [6, 6.07) is 16.1. The molecular formula is C20H20N6S2. The lowest BCUT2D eigenvalue weighted by Crippen LogP contribution is -2.16. The molecule has 0 bridgehead atoms. The maximum absolute atomic E-state index is 4.56. The lowest BCUT2D eigenvalue weighted by atomic mass is 10.1. The summed E-state index contributed by atoms with van der Waals surface area (Å²) in [5, 5.41) is 10.7. The topological polar surface area (TPSA) is 74.6 Å². The van der Waals surface area contributed by atoms with Gasteiger partial charge in [0.1, 0.15) is 0 Å². The van der Waals surface area contributed by atoms with E-state index in [9.17, 15) is 0 Å². The summed E-state index contributed by atoms with van der Waals surface area (Å²) in [5.74, 6) is 0. The number of anilines is 2. The fourth-order valence-corrected chi connectivity index (χ4v) is 4.38. The van der Waals surface area contributed by atoms with Crippen molar-refractivity contribution in [3.8, 4) is 0 Å². The SMILES string of the molecule is CCC(=N\Nc1nc2ccccc2s1)/C(CC)=N/Nc1nc2ccccc2s1. The van der Waals surface area contributed by atoms with Crippen LogP contribution >= 0.6 is 22.7 Å². The molecule has 0 radical (unpaired) electrons. The summed E-state index contributed by atoms with van der Waals surface area (Å²) in [4.78, 5) is 9.12. The lowest BCUT2D eigenvalue weighted by molar-refractivity contribution is 1.18. The van der Waals surface area contributed by atoms with Crippen LogP contribution in [-0.4, -0.2) is 21.4 Å². The Hall–Kier alpha value is -2.84. The predicted octanol–water partition coefficient (Wildman–Crippen LogP) is 5.96. The van der Waals surface area contributed by atoms with E-state index in [0.717, 1.165) is 55.0 Å². The quantitative estimate of drug-likeness (QED) is 0.292. The van der Waals surface area contributed by atoms with E-state index in [1.807, 2.05) is 36.4 Å². The van der Waals surface area contributed by atoms with Crippen molar-refractivity contribution in [1.29, 1.82) is 0 Å². The molecule has 0 aliphatic rings. The van der Waals surface area contributed by atoms with E-state index in [2.05, 4.69) is 57.0 Å². The van der Waals surface area contributed by atoms with Crippen LogP contribution in [0.15, 0.2) is 58.7 Å². The van der Waals surface area contributed by atoms with Gasteiger partial charge in [0.25, 0.3) is 0 Å². The molecule has 4 aromatic rings. The van der Waals surface area contributed by atoms with Gasteiger partial charge in [-0.1, -0.05) is 60.8 Å². The molecule has 2 aromatic heterocycles. The molecule has 0 spiro atoms. The van der Waals surface area contributed by atoms with E-state index in [-0.39, 0.29) is 0 Å². The summed E-state index contributed by atoms with van der Waals surface area (Å²) in [6.45, 7) is 4.14. The van der Waals surface area contributed by atoms with Gasteiger partial charge in [0, 0.05) is 0 Å². The largest absolute Gasteiger partial charge is 0.252 e. The van der Waals surface area contributed by atoms with Crippen LogP contribution in [0.2, 0.25) is 0 Å². The molecular weight excluding hydrogens is 388 g/mol. The zero-order valence-electron chi connectivity index (χ0n) is 15.6. The normalized spacial score (nSPS) is 12.6. The molecule has 0 atom stereocenters. The number of hydrogen-bond acceptors (Lipinski definition) is 8. The van der Waals surface area contributed by atoms with Gasteiger partial charge < -0.3 is 0 Å². The summed E-state index contributed by atoms with van der Waals surface area (Å²) < 4.78 is 2.28. The van der Waals surface area contributed by atoms with Crippen molar-refractivity contribution < 1.29 is 0 Å². The van der Waals surface area contributed by atoms with Crippen molar-refractivity contribution in [1.82, 2.24) is 9.97 Å². The fourth-order valence-electron chi connectivity index (χ4n) is 2.77. The minimum atomic E-state index is 0.770. The van der Waals surface area contributed by atoms with E-state index in [4.69, 9.17) is 0 Å². The average molecular weight is 409 g/mol. The van der Waals surface area contributed by atoms with Crippen LogP contribution in [0, 0.1) is 0 Å². The number of thiazole rings is 2. The Kier molecular flexibility index (Phi) is 5.59. The highest BCUT2D eigenvalue weighted by molar-refractivity contribution is 7.22. The summed E-state index contributed by atoms with van der Waals surface area (Å²) >= 11 is 3.18. The first-order chi connectivity index (χ1) is 13.8. The first-order valence-corrected chi connectivity index (χ1v) is 10.8. The third-order valence-electron chi connectivity index (χ3n) is 4.16. The minimum absolute atomic E-state index is 0.770. The Morgan fingerprint density at radius 1 is 0.750 bits per heavy atom. The van der Waals surface area contributed by atoms with Gasteiger partial charge >= 0.3 is 0 Å². The standard InChI is InChI=1S/C20H20N6S2/c1-3-13(23-25-19-21-15-9-5-7-11-17(15)27-19)14(4-2)24-26-20-22-16-10-6-8-12-18(16)28-20/h5-12H,3-4H2,1-2H3,(H,21,25)(H,22,26)/b23-13+,24-14+. The number of hydrazone groups is 2. The fraction of sp³-hybridized carbons (Fsp3) is 0.200. The molecule has 0 fully saturated rings. The molecule has 0 aliphatic heterocycles. The number of nitrogens with one attached hydrogen (secondary N) is 2. The van der Waals surface area contributed by atoms with E-state index in [0.29, 0.717) is 0 Å². The molecule has 0 saturated carbocycles. The molecule has 142 valence electrons. The number of aromatic nitrogens is 2. The van der Waals surface area contributed by atoms with Crippen LogP contribution < -0.4 is 10.9 Å². The zero-order valence-corrected chi connectivity index (χ0v) is 17.3. The van der Waals surface area contributed by atoms with E-state index >= 15 is 0 Å². The molecule has 6 nitrogen and oxygen atoms in total. The highest BCUT2D eigenvalue weighted by atomic mass is 32.1. The van der Waals surface area contributed by atoms with Crippen LogP contribution in [0.25, 0.3) is 20.4 Å². The molecule has 8 heteroatoms. The number of fused-ring (bicyclic) bond motifs is 2. The summed E-state index contributed by atoms with van der Waals surface area (Å²) in [6.07, 6.45) is 1.54. The Morgan fingerprint density at radius 2 is 1.18 bits per heavy atom.